The first-order chi connectivity index (χ1) is 12.5. The van der Waals surface area contributed by atoms with Gasteiger partial charge in [0.25, 0.3) is 0 Å². The molecule has 1 aliphatic heterocycles. The summed E-state index contributed by atoms with van der Waals surface area (Å²) in [7, 11) is 3.95. The maximum atomic E-state index is 5.99. The van der Waals surface area contributed by atoms with Gasteiger partial charge < -0.3 is 16.4 Å². The van der Waals surface area contributed by atoms with Crippen molar-refractivity contribution in [3.63, 3.8) is 0 Å². The Morgan fingerprint density at radius 2 is 1.88 bits per heavy atom. The SMILES string of the molecule is Cn1c(N=Nc2ccc(N3CCC(N)C3)cc2)[n+](C)c2ccc(N)cc21. The molecule has 2 heterocycles. The van der Waals surface area contributed by atoms with E-state index in [2.05, 4.69) is 27.3 Å². The zero-order chi connectivity index (χ0) is 18.3. The molecular weight excluding hydrogens is 326 g/mol. The second-order valence-electron chi connectivity index (χ2n) is 6.88. The van der Waals surface area contributed by atoms with Crippen LogP contribution < -0.4 is 20.9 Å². The molecule has 0 amide bonds. The Hall–Kier alpha value is -2.93. The number of nitrogen functional groups attached to an aromatic ring is 1. The highest BCUT2D eigenvalue weighted by Crippen LogP contribution is 2.25. The third kappa shape index (κ3) is 2.90. The molecule has 134 valence electrons. The van der Waals surface area contributed by atoms with Gasteiger partial charge >= 0.3 is 5.95 Å². The molecule has 1 unspecified atom stereocenters. The van der Waals surface area contributed by atoms with Gasteiger partial charge in [0.1, 0.15) is 16.7 Å². The van der Waals surface area contributed by atoms with Crippen LogP contribution in [0.25, 0.3) is 11.0 Å². The summed E-state index contributed by atoms with van der Waals surface area (Å²) in [5.74, 6) is 0.764. The minimum Gasteiger partial charge on any atom is -0.399 e. The van der Waals surface area contributed by atoms with E-state index in [4.69, 9.17) is 11.5 Å². The monoisotopic (exact) mass is 350 g/mol. The van der Waals surface area contributed by atoms with Gasteiger partial charge in [-0.1, -0.05) is 5.11 Å². The summed E-state index contributed by atoms with van der Waals surface area (Å²) in [6.07, 6.45) is 1.05. The lowest BCUT2D eigenvalue weighted by Crippen LogP contribution is -2.26. The number of azo groups is 1. The highest BCUT2D eigenvalue weighted by atomic mass is 15.3. The summed E-state index contributed by atoms with van der Waals surface area (Å²) in [5.41, 5.74) is 16.7. The van der Waals surface area contributed by atoms with Gasteiger partial charge in [-0.15, -0.1) is 0 Å². The van der Waals surface area contributed by atoms with Gasteiger partial charge in [0.05, 0.1) is 14.1 Å². The predicted octanol–water partition coefficient (Wildman–Crippen LogP) is 2.54. The lowest BCUT2D eigenvalue weighted by atomic mass is 10.2. The third-order valence-corrected chi connectivity index (χ3v) is 5.02. The highest BCUT2D eigenvalue weighted by molar-refractivity contribution is 5.77. The van der Waals surface area contributed by atoms with Crippen LogP contribution >= 0.6 is 0 Å². The van der Waals surface area contributed by atoms with Crippen molar-refractivity contribution in [3.05, 3.63) is 42.5 Å². The number of rotatable bonds is 3. The maximum absolute atomic E-state index is 5.99. The van der Waals surface area contributed by atoms with E-state index in [-0.39, 0.29) is 6.04 Å². The van der Waals surface area contributed by atoms with Crippen molar-refractivity contribution >= 4 is 34.0 Å². The summed E-state index contributed by atoms with van der Waals surface area (Å²) in [6, 6.07) is 14.3. The first-order valence-corrected chi connectivity index (χ1v) is 8.79. The molecule has 26 heavy (non-hydrogen) atoms. The number of fused-ring (bicyclic) bond motifs is 1. The number of hydrogen-bond acceptors (Lipinski definition) is 5. The van der Waals surface area contributed by atoms with Gasteiger partial charge in [0.2, 0.25) is 0 Å². The van der Waals surface area contributed by atoms with Gasteiger partial charge in [-0.05, 0) is 42.8 Å². The van der Waals surface area contributed by atoms with Gasteiger partial charge in [0, 0.05) is 41.7 Å². The first kappa shape index (κ1) is 16.5. The fraction of sp³-hybridized carbons (Fsp3) is 0.316. The van der Waals surface area contributed by atoms with Crippen molar-refractivity contribution in [3.8, 4) is 0 Å². The average molecular weight is 350 g/mol. The van der Waals surface area contributed by atoms with Crippen LogP contribution in [0, 0.1) is 0 Å². The Morgan fingerprint density at radius 1 is 1.12 bits per heavy atom. The molecule has 0 saturated carbocycles. The Labute approximate surface area is 152 Å². The predicted molar refractivity (Wildman–Crippen MR) is 104 cm³/mol. The maximum Gasteiger partial charge on any atom is 0.422 e. The quantitative estimate of drug-likeness (QED) is 0.432. The molecule has 0 radical (unpaired) electrons. The Balaban J connectivity index is 1.59. The fourth-order valence-corrected chi connectivity index (χ4v) is 3.52. The number of aromatic nitrogens is 2. The highest BCUT2D eigenvalue weighted by Gasteiger charge is 2.20. The van der Waals surface area contributed by atoms with Crippen molar-refractivity contribution in [1.82, 2.24) is 4.57 Å². The van der Waals surface area contributed by atoms with Gasteiger partial charge in [-0.2, -0.15) is 0 Å². The Morgan fingerprint density at radius 3 is 2.58 bits per heavy atom. The molecule has 7 heteroatoms. The summed E-state index contributed by atoms with van der Waals surface area (Å²) in [4.78, 5) is 2.31. The van der Waals surface area contributed by atoms with Crippen molar-refractivity contribution in [2.24, 2.45) is 30.1 Å². The van der Waals surface area contributed by atoms with Crippen molar-refractivity contribution in [1.29, 1.82) is 0 Å². The second kappa shape index (κ2) is 6.42. The molecular formula is C19H24N7+. The molecule has 1 aliphatic rings. The van der Waals surface area contributed by atoms with E-state index in [0.29, 0.717) is 0 Å². The molecule has 0 spiro atoms. The number of aryl methyl sites for hydroxylation is 2. The minimum atomic E-state index is 0.273. The number of imidazole rings is 1. The number of anilines is 2. The molecule has 1 aromatic heterocycles. The standard InChI is InChI=1S/C19H24N7/c1-24-17-8-3-13(20)11-18(17)25(2)19(24)23-22-15-4-6-16(7-5-15)26-10-9-14(21)12-26/h3-8,11,14H,9-10,12,20-21H2,1-2H3/q+1. The van der Waals surface area contributed by atoms with Gasteiger partial charge in [0.15, 0.2) is 0 Å². The average Bonchev–Trinajstić information content (AvgIpc) is 3.16. The largest absolute Gasteiger partial charge is 0.422 e. The van der Waals surface area contributed by atoms with Gasteiger partial charge in [-0.3, -0.25) is 0 Å². The third-order valence-electron chi connectivity index (χ3n) is 5.02. The van der Waals surface area contributed by atoms with Crippen LogP contribution in [-0.4, -0.2) is 23.7 Å². The summed E-state index contributed by atoms with van der Waals surface area (Å²) < 4.78 is 4.01. The Kier molecular flexibility index (Phi) is 4.08. The van der Waals surface area contributed by atoms with E-state index < -0.39 is 0 Å². The van der Waals surface area contributed by atoms with E-state index in [1.54, 1.807) is 0 Å². The molecule has 1 atom stereocenters. The van der Waals surface area contributed by atoms with Crippen LogP contribution in [0.3, 0.4) is 0 Å². The fourth-order valence-electron chi connectivity index (χ4n) is 3.52. The zero-order valence-electron chi connectivity index (χ0n) is 15.1. The van der Waals surface area contributed by atoms with Crippen LogP contribution in [0.1, 0.15) is 6.42 Å². The normalized spacial score (nSPS) is 17.7. The van der Waals surface area contributed by atoms with Crippen LogP contribution in [-0.2, 0) is 14.1 Å². The topological polar surface area (TPSA) is 88.8 Å². The summed E-state index contributed by atoms with van der Waals surface area (Å²) in [5, 5.41) is 8.87. The molecule has 1 saturated heterocycles. The van der Waals surface area contributed by atoms with E-state index in [0.717, 1.165) is 47.9 Å². The lowest BCUT2D eigenvalue weighted by molar-refractivity contribution is -0.632. The van der Waals surface area contributed by atoms with Crippen LogP contribution in [0.5, 0.6) is 0 Å². The Bertz CT molecular complexity index is 972. The molecule has 0 aliphatic carbocycles. The van der Waals surface area contributed by atoms with E-state index in [1.165, 1.54) is 5.69 Å². The van der Waals surface area contributed by atoms with Gasteiger partial charge in [-0.25, -0.2) is 9.13 Å². The van der Waals surface area contributed by atoms with E-state index in [1.807, 2.05) is 53.6 Å². The lowest BCUT2D eigenvalue weighted by Gasteiger charge is -2.17. The van der Waals surface area contributed by atoms with E-state index in [9.17, 15) is 0 Å². The van der Waals surface area contributed by atoms with Crippen molar-refractivity contribution in [2.75, 3.05) is 23.7 Å². The number of nitrogens with zero attached hydrogens (tertiary/aromatic N) is 5. The molecule has 1 fully saturated rings. The molecule has 7 nitrogen and oxygen atoms in total. The number of hydrogen-bond donors (Lipinski definition) is 2. The molecule has 2 aromatic carbocycles. The molecule has 4 rings (SSSR count). The van der Waals surface area contributed by atoms with Crippen molar-refractivity contribution in [2.45, 2.75) is 12.5 Å². The van der Waals surface area contributed by atoms with Crippen LogP contribution in [0.2, 0.25) is 0 Å². The smallest absolute Gasteiger partial charge is 0.399 e. The minimum absolute atomic E-state index is 0.273. The molecule has 4 N–H and O–H groups in total. The summed E-state index contributed by atoms with van der Waals surface area (Å²) >= 11 is 0. The zero-order valence-corrected chi connectivity index (χ0v) is 15.1. The van der Waals surface area contributed by atoms with Crippen molar-refractivity contribution < 1.29 is 4.57 Å². The summed E-state index contributed by atoms with van der Waals surface area (Å²) in [6.45, 7) is 1.92. The number of benzene rings is 2. The van der Waals surface area contributed by atoms with Crippen LogP contribution in [0.15, 0.2) is 52.7 Å². The first-order valence-electron chi connectivity index (χ1n) is 8.79. The van der Waals surface area contributed by atoms with E-state index >= 15 is 0 Å². The molecule has 3 aromatic rings. The second-order valence-corrected chi connectivity index (χ2v) is 6.88. The number of nitrogens with two attached hydrogens (primary N) is 2. The van der Waals surface area contributed by atoms with Crippen LogP contribution in [0.4, 0.5) is 23.0 Å². The molecule has 0 bridgehead atoms.